The minimum atomic E-state index is 0.453. The van der Waals surface area contributed by atoms with E-state index in [9.17, 15) is 0 Å². The van der Waals surface area contributed by atoms with E-state index in [1.165, 1.54) is 5.56 Å². The van der Waals surface area contributed by atoms with Crippen LogP contribution in [0.15, 0.2) is 40.8 Å². The molecule has 2 aromatic carbocycles. The van der Waals surface area contributed by atoms with E-state index in [1.54, 1.807) is 18.2 Å². The molecule has 102 valence electrons. The SMILES string of the molecule is CC(C)c1ccc2oc(-c3cc(Cl)ccc3Cl)nc2c1. The highest BCUT2D eigenvalue weighted by molar-refractivity contribution is 6.35. The first-order valence-corrected chi connectivity index (χ1v) is 7.16. The Morgan fingerprint density at radius 2 is 1.85 bits per heavy atom. The first-order chi connectivity index (χ1) is 9.54. The molecular formula is C16H13Cl2NO. The van der Waals surface area contributed by atoms with E-state index in [0.717, 1.165) is 11.1 Å². The van der Waals surface area contributed by atoms with Gasteiger partial charge in [-0.1, -0.05) is 43.1 Å². The quantitative estimate of drug-likeness (QED) is 0.587. The van der Waals surface area contributed by atoms with Gasteiger partial charge in [-0.15, -0.1) is 0 Å². The van der Waals surface area contributed by atoms with Crippen molar-refractivity contribution in [3.8, 4) is 11.5 Å². The van der Waals surface area contributed by atoms with Gasteiger partial charge in [0.25, 0.3) is 0 Å². The first kappa shape index (κ1) is 13.5. The average Bonchev–Trinajstić information content (AvgIpc) is 2.83. The summed E-state index contributed by atoms with van der Waals surface area (Å²) in [5.74, 6) is 0.947. The monoisotopic (exact) mass is 305 g/mol. The predicted octanol–water partition coefficient (Wildman–Crippen LogP) is 5.93. The van der Waals surface area contributed by atoms with Gasteiger partial charge < -0.3 is 4.42 Å². The van der Waals surface area contributed by atoms with Crippen molar-refractivity contribution >= 4 is 34.3 Å². The molecule has 3 aromatic rings. The summed E-state index contributed by atoms with van der Waals surface area (Å²) in [4.78, 5) is 4.52. The van der Waals surface area contributed by atoms with Crippen molar-refractivity contribution < 1.29 is 4.42 Å². The van der Waals surface area contributed by atoms with Crippen LogP contribution in [0, 0.1) is 0 Å². The number of hydrogen-bond acceptors (Lipinski definition) is 2. The largest absolute Gasteiger partial charge is 0.436 e. The van der Waals surface area contributed by atoms with Crippen LogP contribution in [0.2, 0.25) is 10.0 Å². The van der Waals surface area contributed by atoms with Crippen molar-refractivity contribution in [2.24, 2.45) is 0 Å². The van der Waals surface area contributed by atoms with Crippen LogP contribution in [-0.4, -0.2) is 4.98 Å². The first-order valence-electron chi connectivity index (χ1n) is 6.40. The number of aromatic nitrogens is 1. The van der Waals surface area contributed by atoms with Crippen molar-refractivity contribution in [3.05, 3.63) is 52.0 Å². The third kappa shape index (κ3) is 2.41. The molecular weight excluding hydrogens is 293 g/mol. The van der Waals surface area contributed by atoms with Crippen LogP contribution in [-0.2, 0) is 0 Å². The molecule has 0 aliphatic heterocycles. The van der Waals surface area contributed by atoms with Crippen molar-refractivity contribution in [2.75, 3.05) is 0 Å². The standard InChI is InChI=1S/C16H13Cl2NO/c1-9(2)10-3-6-15-14(7-10)19-16(20-15)12-8-11(17)4-5-13(12)18/h3-9H,1-2H3. The summed E-state index contributed by atoms with van der Waals surface area (Å²) in [6.07, 6.45) is 0. The molecule has 0 saturated carbocycles. The highest BCUT2D eigenvalue weighted by Crippen LogP contribution is 2.32. The van der Waals surface area contributed by atoms with E-state index in [-0.39, 0.29) is 0 Å². The molecule has 1 aromatic heterocycles. The third-order valence-electron chi connectivity index (χ3n) is 3.24. The topological polar surface area (TPSA) is 26.0 Å². The number of hydrogen-bond donors (Lipinski definition) is 0. The number of halogens is 2. The lowest BCUT2D eigenvalue weighted by Crippen LogP contribution is -1.85. The van der Waals surface area contributed by atoms with Gasteiger partial charge in [-0.25, -0.2) is 4.98 Å². The van der Waals surface area contributed by atoms with E-state index < -0.39 is 0 Å². The number of benzene rings is 2. The molecule has 0 amide bonds. The molecule has 3 rings (SSSR count). The van der Waals surface area contributed by atoms with Gasteiger partial charge in [0.05, 0.1) is 10.6 Å². The molecule has 2 nitrogen and oxygen atoms in total. The van der Waals surface area contributed by atoms with E-state index in [2.05, 4.69) is 24.9 Å². The van der Waals surface area contributed by atoms with Crippen molar-refractivity contribution in [1.82, 2.24) is 4.98 Å². The molecule has 0 saturated heterocycles. The Bertz CT molecular complexity index is 777. The number of rotatable bonds is 2. The Morgan fingerprint density at radius 1 is 1.05 bits per heavy atom. The lowest BCUT2D eigenvalue weighted by atomic mass is 10.0. The van der Waals surface area contributed by atoms with Crippen LogP contribution < -0.4 is 0 Å². The molecule has 0 N–H and O–H groups in total. The molecule has 20 heavy (non-hydrogen) atoms. The molecule has 4 heteroatoms. The summed E-state index contributed by atoms with van der Waals surface area (Å²) in [6, 6.07) is 11.3. The lowest BCUT2D eigenvalue weighted by molar-refractivity contribution is 0.620. The fourth-order valence-corrected chi connectivity index (χ4v) is 2.45. The highest BCUT2D eigenvalue weighted by atomic mass is 35.5. The third-order valence-corrected chi connectivity index (χ3v) is 3.80. The van der Waals surface area contributed by atoms with Gasteiger partial charge in [-0.2, -0.15) is 0 Å². The lowest BCUT2D eigenvalue weighted by Gasteiger charge is -2.02. The molecule has 0 aliphatic rings. The fourth-order valence-electron chi connectivity index (χ4n) is 2.08. The van der Waals surface area contributed by atoms with Gasteiger partial charge >= 0.3 is 0 Å². The van der Waals surface area contributed by atoms with Crippen molar-refractivity contribution in [2.45, 2.75) is 19.8 Å². The Labute approximate surface area is 127 Å². The summed E-state index contributed by atoms with van der Waals surface area (Å²) < 4.78 is 5.77. The molecule has 0 aliphatic carbocycles. The minimum Gasteiger partial charge on any atom is -0.436 e. The zero-order valence-corrected chi connectivity index (χ0v) is 12.7. The van der Waals surface area contributed by atoms with Gasteiger partial charge in [0.1, 0.15) is 5.52 Å². The zero-order chi connectivity index (χ0) is 14.3. The Kier molecular flexibility index (Phi) is 3.45. The second-order valence-electron chi connectivity index (χ2n) is 5.03. The van der Waals surface area contributed by atoms with Gasteiger partial charge in [0.15, 0.2) is 5.58 Å². The molecule has 0 atom stereocenters. The average molecular weight is 306 g/mol. The van der Waals surface area contributed by atoms with Crippen LogP contribution in [0.3, 0.4) is 0 Å². The van der Waals surface area contributed by atoms with Crippen LogP contribution in [0.4, 0.5) is 0 Å². The molecule has 0 unspecified atom stereocenters. The van der Waals surface area contributed by atoms with Gasteiger partial charge in [-0.3, -0.25) is 0 Å². The molecule has 0 spiro atoms. The second kappa shape index (κ2) is 5.12. The molecule has 0 bridgehead atoms. The summed E-state index contributed by atoms with van der Waals surface area (Å²) in [7, 11) is 0. The number of fused-ring (bicyclic) bond motifs is 1. The number of nitrogens with zero attached hydrogens (tertiary/aromatic N) is 1. The fraction of sp³-hybridized carbons (Fsp3) is 0.188. The number of oxazole rings is 1. The minimum absolute atomic E-state index is 0.453. The Morgan fingerprint density at radius 3 is 2.60 bits per heavy atom. The summed E-state index contributed by atoms with van der Waals surface area (Å²) >= 11 is 12.2. The van der Waals surface area contributed by atoms with E-state index in [4.69, 9.17) is 27.6 Å². The normalized spacial score (nSPS) is 11.4. The summed E-state index contributed by atoms with van der Waals surface area (Å²) in [5, 5.41) is 1.18. The summed E-state index contributed by atoms with van der Waals surface area (Å²) in [6.45, 7) is 4.30. The smallest absolute Gasteiger partial charge is 0.228 e. The van der Waals surface area contributed by atoms with E-state index >= 15 is 0 Å². The van der Waals surface area contributed by atoms with Crippen molar-refractivity contribution in [1.29, 1.82) is 0 Å². The van der Waals surface area contributed by atoms with E-state index in [0.29, 0.717) is 27.4 Å². The van der Waals surface area contributed by atoms with Gasteiger partial charge in [0.2, 0.25) is 5.89 Å². The van der Waals surface area contributed by atoms with Crippen molar-refractivity contribution in [3.63, 3.8) is 0 Å². The van der Waals surface area contributed by atoms with Gasteiger partial charge in [0, 0.05) is 5.02 Å². The summed E-state index contributed by atoms with van der Waals surface area (Å²) in [5.41, 5.74) is 3.53. The van der Waals surface area contributed by atoms with Crippen LogP contribution in [0.25, 0.3) is 22.6 Å². The second-order valence-corrected chi connectivity index (χ2v) is 5.87. The predicted molar refractivity (Wildman–Crippen MR) is 83.6 cm³/mol. The maximum atomic E-state index is 6.18. The van der Waals surface area contributed by atoms with Crippen LogP contribution in [0.5, 0.6) is 0 Å². The maximum absolute atomic E-state index is 6.18. The Hall–Kier alpha value is -1.51. The van der Waals surface area contributed by atoms with E-state index in [1.807, 2.05) is 12.1 Å². The molecule has 0 radical (unpaired) electrons. The van der Waals surface area contributed by atoms with Gasteiger partial charge in [-0.05, 0) is 41.8 Å². The molecule has 1 heterocycles. The maximum Gasteiger partial charge on any atom is 0.228 e. The Balaban J connectivity index is 2.15. The molecule has 0 fully saturated rings. The van der Waals surface area contributed by atoms with Crippen LogP contribution in [0.1, 0.15) is 25.3 Å². The highest BCUT2D eigenvalue weighted by Gasteiger charge is 2.13. The zero-order valence-electron chi connectivity index (χ0n) is 11.2. The van der Waals surface area contributed by atoms with Crippen LogP contribution >= 0.6 is 23.2 Å².